The minimum absolute atomic E-state index is 0.118. The molecule has 0 bridgehead atoms. The van der Waals surface area contributed by atoms with E-state index in [1.54, 1.807) is 44.7 Å². The third-order valence-electron chi connectivity index (χ3n) is 4.61. The lowest BCUT2D eigenvalue weighted by Crippen LogP contribution is -2.35. The molecule has 3 aromatic heterocycles. The number of rotatable bonds is 7. The summed E-state index contributed by atoms with van der Waals surface area (Å²) in [6, 6.07) is 5.12. The number of hydrogen-bond acceptors (Lipinski definition) is 6. The number of methoxy groups -OCH3 is 1. The summed E-state index contributed by atoms with van der Waals surface area (Å²) in [6.45, 7) is 4.84. The van der Waals surface area contributed by atoms with Crippen LogP contribution in [-0.4, -0.2) is 49.3 Å². The van der Waals surface area contributed by atoms with Crippen LogP contribution in [0.2, 0.25) is 0 Å². The van der Waals surface area contributed by atoms with Gasteiger partial charge in [-0.15, -0.1) is 10.2 Å². The molecular formula is C20H24N6O3. The Hall–Kier alpha value is -3.49. The van der Waals surface area contributed by atoms with Gasteiger partial charge in [-0.3, -0.25) is 14.2 Å². The molecule has 0 saturated carbocycles. The van der Waals surface area contributed by atoms with Crippen LogP contribution >= 0.6 is 0 Å². The van der Waals surface area contributed by atoms with E-state index < -0.39 is 5.56 Å². The predicted molar refractivity (Wildman–Crippen MR) is 107 cm³/mol. The number of hydrogen-bond donors (Lipinski definition) is 0. The van der Waals surface area contributed by atoms with Crippen molar-refractivity contribution in [3.05, 3.63) is 64.2 Å². The molecule has 0 spiro atoms. The predicted octanol–water partition coefficient (Wildman–Crippen LogP) is 1.82. The summed E-state index contributed by atoms with van der Waals surface area (Å²) in [5, 5.41) is 8.01. The molecule has 0 aromatic carbocycles. The molecule has 0 unspecified atom stereocenters. The second-order valence-electron chi connectivity index (χ2n) is 6.71. The first-order valence-electron chi connectivity index (χ1n) is 9.31. The fourth-order valence-corrected chi connectivity index (χ4v) is 3.03. The lowest BCUT2D eigenvalue weighted by Gasteiger charge is -2.19. The third-order valence-corrected chi connectivity index (χ3v) is 4.61. The highest BCUT2D eigenvalue weighted by atomic mass is 16.5. The van der Waals surface area contributed by atoms with Crippen molar-refractivity contribution in [2.24, 2.45) is 0 Å². The lowest BCUT2D eigenvalue weighted by atomic mass is 10.1. The number of ether oxygens (including phenoxy) is 1. The summed E-state index contributed by atoms with van der Waals surface area (Å²) in [7, 11) is 3.17. The average Bonchev–Trinajstić information content (AvgIpc) is 3.15. The van der Waals surface area contributed by atoms with Gasteiger partial charge in [0.1, 0.15) is 11.9 Å². The summed E-state index contributed by atoms with van der Waals surface area (Å²) >= 11 is 0. The first kappa shape index (κ1) is 20.2. The molecule has 29 heavy (non-hydrogen) atoms. The van der Waals surface area contributed by atoms with Crippen LogP contribution < -0.4 is 10.3 Å². The van der Waals surface area contributed by atoms with Gasteiger partial charge >= 0.3 is 0 Å². The van der Waals surface area contributed by atoms with Gasteiger partial charge in [0.05, 0.1) is 25.5 Å². The van der Waals surface area contributed by atoms with E-state index in [0.717, 1.165) is 13.0 Å². The van der Waals surface area contributed by atoms with Crippen LogP contribution in [0.1, 0.15) is 35.1 Å². The number of carbonyl (C=O) groups is 1. The number of nitrogens with zero attached hydrogens (tertiary/aromatic N) is 6. The highest BCUT2D eigenvalue weighted by Gasteiger charge is 2.21. The highest BCUT2D eigenvalue weighted by Crippen LogP contribution is 2.13. The largest absolute Gasteiger partial charge is 0.481 e. The molecule has 9 nitrogen and oxygen atoms in total. The van der Waals surface area contributed by atoms with E-state index in [1.807, 2.05) is 4.57 Å². The first-order chi connectivity index (χ1) is 14.0. The van der Waals surface area contributed by atoms with Crippen molar-refractivity contribution in [2.45, 2.75) is 33.4 Å². The van der Waals surface area contributed by atoms with Crippen LogP contribution in [0.4, 0.5) is 0 Å². The Morgan fingerprint density at radius 1 is 1.28 bits per heavy atom. The average molecular weight is 396 g/mol. The Morgan fingerprint density at radius 3 is 2.72 bits per heavy atom. The van der Waals surface area contributed by atoms with E-state index in [2.05, 4.69) is 22.1 Å². The minimum atomic E-state index is -0.399. The molecule has 152 valence electrons. The molecule has 9 heteroatoms. The van der Waals surface area contributed by atoms with Crippen LogP contribution in [0.25, 0.3) is 5.69 Å². The fourth-order valence-electron chi connectivity index (χ4n) is 3.03. The molecule has 0 fully saturated rings. The van der Waals surface area contributed by atoms with Crippen LogP contribution in [0.3, 0.4) is 0 Å². The van der Waals surface area contributed by atoms with E-state index in [4.69, 9.17) is 4.74 Å². The van der Waals surface area contributed by atoms with Crippen LogP contribution in [-0.2, 0) is 13.1 Å². The second kappa shape index (κ2) is 8.68. The molecule has 0 radical (unpaired) electrons. The van der Waals surface area contributed by atoms with Crippen LogP contribution in [0, 0.1) is 6.92 Å². The van der Waals surface area contributed by atoms with Crippen molar-refractivity contribution in [3.8, 4) is 11.6 Å². The van der Waals surface area contributed by atoms with Gasteiger partial charge in [0.15, 0.2) is 5.82 Å². The molecule has 0 atom stereocenters. The lowest BCUT2D eigenvalue weighted by molar-refractivity contribution is 0.0777. The zero-order valence-corrected chi connectivity index (χ0v) is 17.0. The molecule has 0 aliphatic rings. The maximum atomic E-state index is 13.1. The Labute approximate surface area is 168 Å². The highest BCUT2D eigenvalue weighted by molar-refractivity contribution is 5.95. The molecule has 0 saturated heterocycles. The summed E-state index contributed by atoms with van der Waals surface area (Å²) < 4.78 is 8.36. The van der Waals surface area contributed by atoms with Crippen molar-refractivity contribution in [1.29, 1.82) is 0 Å². The van der Waals surface area contributed by atoms with E-state index in [-0.39, 0.29) is 18.0 Å². The first-order valence-corrected chi connectivity index (χ1v) is 9.31. The van der Waals surface area contributed by atoms with Gasteiger partial charge in [0.2, 0.25) is 5.88 Å². The SMILES string of the molecule is CCCn1cnnc1CN(C)C(=O)c1c(C)ccn(-c2ccc(OC)nc2)c1=O. The molecule has 3 rings (SSSR count). The zero-order chi connectivity index (χ0) is 21.0. The van der Waals surface area contributed by atoms with Crippen molar-refractivity contribution in [1.82, 2.24) is 29.2 Å². The number of aromatic nitrogens is 5. The molecule has 0 N–H and O–H groups in total. The van der Waals surface area contributed by atoms with Gasteiger partial charge in [-0.25, -0.2) is 4.98 Å². The molecule has 3 aromatic rings. The van der Waals surface area contributed by atoms with Crippen molar-refractivity contribution < 1.29 is 9.53 Å². The Morgan fingerprint density at radius 2 is 2.07 bits per heavy atom. The smallest absolute Gasteiger partial charge is 0.268 e. The fraction of sp³-hybridized carbons (Fsp3) is 0.350. The van der Waals surface area contributed by atoms with Crippen molar-refractivity contribution in [2.75, 3.05) is 14.2 Å². The number of pyridine rings is 2. The van der Waals surface area contributed by atoms with Crippen molar-refractivity contribution >= 4 is 5.91 Å². The van der Waals surface area contributed by atoms with Gasteiger partial charge in [0, 0.05) is 25.9 Å². The summed E-state index contributed by atoms with van der Waals surface area (Å²) in [5.41, 5.74) is 0.881. The third kappa shape index (κ3) is 4.18. The topological polar surface area (TPSA) is 95.1 Å². The van der Waals surface area contributed by atoms with E-state index in [0.29, 0.717) is 23.0 Å². The Kier molecular flexibility index (Phi) is 6.06. The monoisotopic (exact) mass is 396 g/mol. The van der Waals surface area contributed by atoms with Crippen LogP contribution in [0.5, 0.6) is 5.88 Å². The Balaban J connectivity index is 1.91. The van der Waals surface area contributed by atoms with Gasteiger partial charge in [-0.2, -0.15) is 0 Å². The maximum absolute atomic E-state index is 13.1. The Bertz CT molecular complexity index is 1050. The van der Waals surface area contributed by atoms with E-state index >= 15 is 0 Å². The summed E-state index contributed by atoms with van der Waals surface area (Å²) in [6.07, 6.45) is 5.74. The van der Waals surface area contributed by atoms with Gasteiger partial charge in [-0.05, 0) is 31.0 Å². The molecule has 1 amide bonds. The number of aryl methyl sites for hydroxylation is 2. The second-order valence-corrected chi connectivity index (χ2v) is 6.71. The molecular weight excluding hydrogens is 372 g/mol. The maximum Gasteiger partial charge on any atom is 0.268 e. The van der Waals surface area contributed by atoms with Gasteiger partial charge in [0.25, 0.3) is 11.5 Å². The van der Waals surface area contributed by atoms with E-state index in [1.165, 1.54) is 22.8 Å². The standard InChI is InChI=1S/C20H24N6O3/c1-5-9-25-13-22-23-16(25)12-24(3)19(27)18-14(2)8-10-26(20(18)28)15-6-7-17(29-4)21-11-15/h6-8,10-11,13H,5,9,12H2,1-4H3. The molecule has 3 heterocycles. The summed E-state index contributed by atoms with van der Waals surface area (Å²) in [5.74, 6) is 0.756. The summed E-state index contributed by atoms with van der Waals surface area (Å²) in [4.78, 5) is 31.8. The van der Waals surface area contributed by atoms with E-state index in [9.17, 15) is 9.59 Å². The van der Waals surface area contributed by atoms with Gasteiger partial charge in [-0.1, -0.05) is 6.92 Å². The molecule has 0 aliphatic carbocycles. The number of amides is 1. The van der Waals surface area contributed by atoms with Crippen molar-refractivity contribution in [3.63, 3.8) is 0 Å². The molecule has 0 aliphatic heterocycles. The normalized spacial score (nSPS) is 10.8. The quantitative estimate of drug-likeness (QED) is 0.605. The zero-order valence-electron chi connectivity index (χ0n) is 17.0. The van der Waals surface area contributed by atoms with Crippen LogP contribution in [0.15, 0.2) is 41.7 Å². The number of carbonyl (C=O) groups excluding carboxylic acids is 1. The van der Waals surface area contributed by atoms with Gasteiger partial charge < -0.3 is 14.2 Å². The minimum Gasteiger partial charge on any atom is -0.481 e.